The van der Waals surface area contributed by atoms with Crippen LogP contribution in [0, 0.1) is 5.82 Å². The molecule has 2 N–H and O–H groups in total. The molecule has 1 aliphatic heterocycles. The second-order valence-electron chi connectivity index (χ2n) is 4.99. The first-order valence-electron chi connectivity index (χ1n) is 6.80. The molecule has 0 saturated carbocycles. The van der Waals surface area contributed by atoms with E-state index in [-0.39, 0.29) is 22.2 Å². The van der Waals surface area contributed by atoms with Crippen LogP contribution < -0.4 is 10.6 Å². The fourth-order valence-electron chi connectivity index (χ4n) is 2.17. The van der Waals surface area contributed by atoms with Crippen molar-refractivity contribution < 1.29 is 17.6 Å². The molecule has 0 radical (unpaired) electrons. The van der Waals surface area contributed by atoms with Crippen LogP contribution in [0.25, 0.3) is 0 Å². The Morgan fingerprint density at radius 2 is 2.00 bits per heavy atom. The molecule has 0 saturated heterocycles. The Morgan fingerprint density at radius 3 is 2.75 bits per heavy atom. The minimum Gasteiger partial charge on any atom is -0.341 e. The van der Waals surface area contributed by atoms with Crippen LogP contribution in [-0.2, 0) is 14.8 Å². The number of hydrogen-bond donors (Lipinski definition) is 2. The maximum absolute atomic E-state index is 13.1. The summed E-state index contributed by atoms with van der Waals surface area (Å²) in [6, 6.07) is 10.00. The zero-order valence-corrected chi connectivity index (χ0v) is 13.7. The van der Waals surface area contributed by atoms with Gasteiger partial charge in [0.15, 0.2) is 0 Å². The van der Waals surface area contributed by atoms with Crippen molar-refractivity contribution in [1.29, 1.82) is 0 Å². The average Bonchev–Trinajstić information content (AvgIpc) is 2.50. The Balaban J connectivity index is 1.76. The van der Waals surface area contributed by atoms with E-state index in [1.165, 1.54) is 18.2 Å². The Labute approximate surface area is 142 Å². The van der Waals surface area contributed by atoms with Crippen molar-refractivity contribution in [3.63, 3.8) is 0 Å². The standard InChI is InChI=1S/C15H11ClFN3O3S/c16-10-7-9(5-6-11(10)17)18-15(21)8-14-19-12-3-1-2-4-13(12)24(22,23)20-14/h1-7H,8H2,(H,18,21)(H,19,20). The van der Waals surface area contributed by atoms with Gasteiger partial charge < -0.3 is 10.6 Å². The van der Waals surface area contributed by atoms with Gasteiger partial charge in [0.1, 0.15) is 16.5 Å². The van der Waals surface area contributed by atoms with E-state index in [9.17, 15) is 17.6 Å². The first-order chi connectivity index (χ1) is 11.3. The van der Waals surface area contributed by atoms with Crippen molar-refractivity contribution in [3.8, 4) is 0 Å². The molecule has 0 bridgehead atoms. The molecule has 1 heterocycles. The summed E-state index contributed by atoms with van der Waals surface area (Å²) in [6.45, 7) is 0. The number of para-hydroxylation sites is 1. The molecule has 2 aromatic carbocycles. The number of amides is 1. The number of fused-ring (bicyclic) bond motifs is 1. The Hall–Kier alpha value is -2.45. The molecule has 24 heavy (non-hydrogen) atoms. The van der Waals surface area contributed by atoms with Crippen molar-refractivity contribution in [2.24, 2.45) is 4.40 Å². The highest BCUT2D eigenvalue weighted by molar-refractivity contribution is 7.90. The third-order valence-electron chi connectivity index (χ3n) is 3.21. The minimum absolute atomic E-state index is 0.000548. The predicted octanol–water partition coefficient (Wildman–Crippen LogP) is 3.02. The van der Waals surface area contributed by atoms with Gasteiger partial charge in [-0.2, -0.15) is 8.42 Å². The molecule has 124 valence electrons. The first-order valence-corrected chi connectivity index (χ1v) is 8.62. The minimum atomic E-state index is -3.85. The summed E-state index contributed by atoms with van der Waals surface area (Å²) in [5.74, 6) is -1.12. The molecule has 0 unspecified atom stereocenters. The molecule has 0 spiro atoms. The number of nitrogens with one attached hydrogen (secondary N) is 2. The number of anilines is 2. The molecular weight excluding hydrogens is 357 g/mol. The largest absolute Gasteiger partial charge is 0.341 e. The third-order valence-corrected chi connectivity index (χ3v) is 4.87. The second kappa shape index (κ2) is 6.21. The van der Waals surface area contributed by atoms with Gasteiger partial charge in [0.25, 0.3) is 10.0 Å². The topological polar surface area (TPSA) is 87.6 Å². The van der Waals surface area contributed by atoms with Crippen molar-refractivity contribution in [2.75, 3.05) is 10.6 Å². The van der Waals surface area contributed by atoms with Crippen molar-refractivity contribution >= 4 is 44.7 Å². The summed E-state index contributed by atoms with van der Waals surface area (Å²) < 4.78 is 40.9. The van der Waals surface area contributed by atoms with E-state index in [2.05, 4.69) is 15.0 Å². The van der Waals surface area contributed by atoms with E-state index < -0.39 is 21.7 Å². The van der Waals surface area contributed by atoms with E-state index in [0.717, 1.165) is 6.07 Å². The number of halogens is 2. The highest BCUT2D eigenvalue weighted by Gasteiger charge is 2.25. The van der Waals surface area contributed by atoms with Gasteiger partial charge in [0, 0.05) is 5.69 Å². The molecule has 0 aromatic heterocycles. The van der Waals surface area contributed by atoms with Gasteiger partial charge >= 0.3 is 0 Å². The molecule has 0 atom stereocenters. The molecule has 9 heteroatoms. The fraction of sp³-hybridized carbons (Fsp3) is 0.0667. The van der Waals surface area contributed by atoms with Gasteiger partial charge in [0.2, 0.25) is 5.91 Å². The van der Waals surface area contributed by atoms with Crippen molar-refractivity contribution in [3.05, 3.63) is 53.3 Å². The number of sulfonamides is 1. The molecule has 3 rings (SSSR count). The van der Waals surface area contributed by atoms with Gasteiger partial charge in [0.05, 0.1) is 17.1 Å². The van der Waals surface area contributed by atoms with Crippen LogP contribution in [0.2, 0.25) is 5.02 Å². The number of benzene rings is 2. The van der Waals surface area contributed by atoms with E-state index in [0.29, 0.717) is 11.4 Å². The van der Waals surface area contributed by atoms with Crippen LogP contribution in [0.15, 0.2) is 51.8 Å². The second-order valence-corrected chi connectivity index (χ2v) is 6.97. The van der Waals surface area contributed by atoms with Gasteiger partial charge in [-0.05, 0) is 30.3 Å². The van der Waals surface area contributed by atoms with Gasteiger partial charge in [-0.1, -0.05) is 23.7 Å². The average molecular weight is 368 g/mol. The molecule has 1 amide bonds. The number of nitrogens with zero attached hydrogens (tertiary/aromatic N) is 1. The maximum atomic E-state index is 13.1. The maximum Gasteiger partial charge on any atom is 0.286 e. The third kappa shape index (κ3) is 3.39. The molecule has 0 aliphatic carbocycles. The lowest BCUT2D eigenvalue weighted by Crippen LogP contribution is -2.26. The molecule has 2 aromatic rings. The fourth-order valence-corrected chi connectivity index (χ4v) is 3.50. The SMILES string of the molecule is O=C(CC1=NS(=O)(=O)c2ccccc2N1)Nc1ccc(F)c(Cl)c1. The van der Waals surface area contributed by atoms with Crippen LogP contribution in [0.4, 0.5) is 15.8 Å². The molecular formula is C15H11ClFN3O3S. The summed E-state index contributed by atoms with van der Waals surface area (Å²) in [5, 5.41) is 5.19. The Bertz CT molecular complexity index is 960. The monoisotopic (exact) mass is 367 g/mol. The lowest BCUT2D eigenvalue weighted by atomic mass is 10.2. The van der Waals surface area contributed by atoms with Crippen LogP contribution >= 0.6 is 11.6 Å². The summed E-state index contributed by atoms with van der Waals surface area (Å²) in [7, 11) is -3.85. The van der Waals surface area contributed by atoms with Crippen LogP contribution in [-0.4, -0.2) is 20.2 Å². The van der Waals surface area contributed by atoms with Gasteiger partial charge in [-0.3, -0.25) is 4.79 Å². The van der Waals surface area contributed by atoms with Crippen molar-refractivity contribution in [1.82, 2.24) is 0 Å². The van der Waals surface area contributed by atoms with Crippen LogP contribution in [0.3, 0.4) is 0 Å². The van der Waals surface area contributed by atoms with E-state index in [1.54, 1.807) is 18.2 Å². The molecule has 0 fully saturated rings. The zero-order valence-electron chi connectivity index (χ0n) is 12.1. The van der Waals surface area contributed by atoms with Gasteiger partial charge in [-0.15, -0.1) is 4.40 Å². The van der Waals surface area contributed by atoms with E-state index >= 15 is 0 Å². The highest BCUT2D eigenvalue weighted by Crippen LogP contribution is 2.27. The number of carbonyl (C=O) groups is 1. The Kier molecular flexibility index (Phi) is 4.25. The number of hydrogen-bond acceptors (Lipinski definition) is 4. The zero-order chi connectivity index (χ0) is 17.3. The summed E-state index contributed by atoms with van der Waals surface area (Å²) >= 11 is 5.64. The Morgan fingerprint density at radius 1 is 1.25 bits per heavy atom. The summed E-state index contributed by atoms with van der Waals surface area (Å²) in [5.41, 5.74) is 0.659. The number of rotatable bonds is 3. The van der Waals surface area contributed by atoms with Crippen LogP contribution in [0.1, 0.15) is 6.42 Å². The van der Waals surface area contributed by atoms with Crippen LogP contribution in [0.5, 0.6) is 0 Å². The van der Waals surface area contributed by atoms with Gasteiger partial charge in [-0.25, -0.2) is 4.39 Å². The molecule has 1 aliphatic rings. The van der Waals surface area contributed by atoms with E-state index in [4.69, 9.17) is 11.6 Å². The highest BCUT2D eigenvalue weighted by atomic mass is 35.5. The lowest BCUT2D eigenvalue weighted by molar-refractivity contribution is -0.115. The number of amidine groups is 1. The summed E-state index contributed by atoms with van der Waals surface area (Å²) in [4.78, 5) is 12.1. The lowest BCUT2D eigenvalue weighted by Gasteiger charge is -2.17. The smallest absolute Gasteiger partial charge is 0.286 e. The normalized spacial score (nSPS) is 15.0. The molecule has 6 nitrogen and oxygen atoms in total. The van der Waals surface area contributed by atoms with Crippen molar-refractivity contribution in [2.45, 2.75) is 11.3 Å². The number of carbonyl (C=O) groups excluding carboxylic acids is 1. The first kappa shape index (κ1) is 16.4. The van der Waals surface area contributed by atoms with E-state index in [1.807, 2.05) is 0 Å². The summed E-state index contributed by atoms with van der Waals surface area (Å²) in [6.07, 6.45) is -0.289. The quantitative estimate of drug-likeness (QED) is 0.872. The predicted molar refractivity (Wildman–Crippen MR) is 89.3 cm³/mol.